The van der Waals surface area contributed by atoms with Gasteiger partial charge in [0.2, 0.25) is 0 Å². The van der Waals surface area contributed by atoms with Crippen LogP contribution in [0.2, 0.25) is 0 Å². The second kappa shape index (κ2) is 5.11. The van der Waals surface area contributed by atoms with E-state index in [2.05, 4.69) is 56.6 Å². The molecule has 1 heterocycles. The summed E-state index contributed by atoms with van der Waals surface area (Å²) in [4.78, 5) is 4.12. The molecular formula is C15H15BrN2. The van der Waals surface area contributed by atoms with Crippen LogP contribution in [0.5, 0.6) is 0 Å². The highest BCUT2D eigenvalue weighted by atomic mass is 79.9. The fraction of sp³-hybridized carbons (Fsp3) is 0.267. The van der Waals surface area contributed by atoms with Gasteiger partial charge in [0.15, 0.2) is 0 Å². The lowest BCUT2D eigenvalue weighted by atomic mass is 9.76. The number of aromatic nitrogens is 1. The second-order valence-corrected chi connectivity index (χ2v) is 5.72. The minimum absolute atomic E-state index is 0.586. The number of pyridine rings is 1. The SMILES string of the molecule is Brc1ccc(C2CC(Nc3cccnc3)C2)cc1. The molecule has 1 aromatic carbocycles. The summed E-state index contributed by atoms with van der Waals surface area (Å²) in [5, 5.41) is 3.52. The van der Waals surface area contributed by atoms with Gasteiger partial charge in [-0.05, 0) is 48.6 Å². The summed E-state index contributed by atoms with van der Waals surface area (Å²) >= 11 is 3.47. The fourth-order valence-corrected chi connectivity index (χ4v) is 2.69. The van der Waals surface area contributed by atoms with E-state index in [0.717, 1.165) is 10.2 Å². The molecular weight excluding hydrogens is 288 g/mol. The molecule has 0 spiro atoms. The molecule has 3 rings (SSSR count). The van der Waals surface area contributed by atoms with Crippen LogP contribution in [0.1, 0.15) is 24.3 Å². The molecule has 1 saturated carbocycles. The minimum Gasteiger partial charge on any atom is -0.381 e. The highest BCUT2D eigenvalue weighted by molar-refractivity contribution is 9.10. The van der Waals surface area contributed by atoms with Crippen LogP contribution in [0.25, 0.3) is 0 Å². The van der Waals surface area contributed by atoms with Crippen molar-refractivity contribution in [2.24, 2.45) is 0 Å². The monoisotopic (exact) mass is 302 g/mol. The minimum atomic E-state index is 0.586. The van der Waals surface area contributed by atoms with E-state index >= 15 is 0 Å². The van der Waals surface area contributed by atoms with Crippen molar-refractivity contribution in [2.75, 3.05) is 5.32 Å². The number of nitrogens with zero attached hydrogens (tertiary/aromatic N) is 1. The van der Waals surface area contributed by atoms with Crippen molar-refractivity contribution < 1.29 is 0 Å². The lowest BCUT2D eigenvalue weighted by Gasteiger charge is -2.36. The van der Waals surface area contributed by atoms with E-state index in [1.54, 1.807) is 6.20 Å². The fourth-order valence-electron chi connectivity index (χ4n) is 2.43. The van der Waals surface area contributed by atoms with Crippen LogP contribution in [0.15, 0.2) is 53.3 Å². The van der Waals surface area contributed by atoms with Gasteiger partial charge in [0.05, 0.1) is 5.69 Å². The van der Waals surface area contributed by atoms with Crippen LogP contribution in [-0.4, -0.2) is 11.0 Å². The van der Waals surface area contributed by atoms with E-state index in [1.165, 1.54) is 18.4 Å². The van der Waals surface area contributed by atoms with Gasteiger partial charge in [0.1, 0.15) is 0 Å². The van der Waals surface area contributed by atoms with E-state index in [0.29, 0.717) is 12.0 Å². The second-order valence-electron chi connectivity index (χ2n) is 4.80. The summed E-state index contributed by atoms with van der Waals surface area (Å²) in [7, 11) is 0. The van der Waals surface area contributed by atoms with Crippen molar-refractivity contribution in [1.29, 1.82) is 0 Å². The predicted octanol–water partition coefficient (Wildman–Crippen LogP) is 4.20. The molecule has 0 unspecified atom stereocenters. The Kier molecular flexibility index (Phi) is 3.33. The Bertz CT molecular complexity index is 504. The Hall–Kier alpha value is -1.35. The van der Waals surface area contributed by atoms with E-state index in [-0.39, 0.29) is 0 Å². The van der Waals surface area contributed by atoms with Crippen LogP contribution in [0.3, 0.4) is 0 Å². The molecule has 2 nitrogen and oxygen atoms in total. The van der Waals surface area contributed by atoms with Gasteiger partial charge in [-0.3, -0.25) is 4.98 Å². The molecule has 1 N–H and O–H groups in total. The Labute approximate surface area is 116 Å². The summed E-state index contributed by atoms with van der Waals surface area (Å²) in [6.45, 7) is 0. The number of rotatable bonds is 3. The molecule has 0 amide bonds. The van der Waals surface area contributed by atoms with Crippen molar-refractivity contribution in [2.45, 2.75) is 24.8 Å². The Morgan fingerprint density at radius 2 is 1.89 bits per heavy atom. The molecule has 92 valence electrons. The number of hydrogen-bond donors (Lipinski definition) is 1. The first-order valence-electron chi connectivity index (χ1n) is 6.23. The van der Waals surface area contributed by atoms with Gasteiger partial charge < -0.3 is 5.32 Å². The van der Waals surface area contributed by atoms with E-state index in [1.807, 2.05) is 12.3 Å². The summed E-state index contributed by atoms with van der Waals surface area (Å²) < 4.78 is 1.15. The molecule has 1 aliphatic carbocycles. The van der Waals surface area contributed by atoms with Gasteiger partial charge in [0, 0.05) is 22.9 Å². The van der Waals surface area contributed by atoms with Crippen LogP contribution in [0.4, 0.5) is 5.69 Å². The first kappa shape index (κ1) is 11.7. The molecule has 3 heteroatoms. The van der Waals surface area contributed by atoms with Gasteiger partial charge in [-0.1, -0.05) is 28.1 Å². The van der Waals surface area contributed by atoms with Gasteiger partial charge in [-0.15, -0.1) is 0 Å². The van der Waals surface area contributed by atoms with Crippen LogP contribution in [-0.2, 0) is 0 Å². The zero-order valence-corrected chi connectivity index (χ0v) is 11.6. The molecule has 1 fully saturated rings. The Balaban J connectivity index is 1.56. The maximum Gasteiger partial charge on any atom is 0.0528 e. The molecule has 1 aliphatic rings. The molecule has 1 aromatic heterocycles. The molecule has 18 heavy (non-hydrogen) atoms. The average Bonchev–Trinajstić information content (AvgIpc) is 2.36. The third kappa shape index (κ3) is 2.56. The normalized spacial score (nSPS) is 22.3. The number of nitrogens with one attached hydrogen (secondary N) is 1. The van der Waals surface area contributed by atoms with Gasteiger partial charge in [-0.2, -0.15) is 0 Å². The number of halogens is 1. The molecule has 0 aliphatic heterocycles. The predicted molar refractivity (Wildman–Crippen MR) is 77.8 cm³/mol. The lowest BCUT2D eigenvalue weighted by Crippen LogP contribution is -2.33. The largest absolute Gasteiger partial charge is 0.381 e. The number of anilines is 1. The number of benzene rings is 1. The van der Waals surface area contributed by atoms with Gasteiger partial charge >= 0.3 is 0 Å². The lowest BCUT2D eigenvalue weighted by molar-refractivity contribution is 0.374. The van der Waals surface area contributed by atoms with E-state index < -0.39 is 0 Å². The third-order valence-electron chi connectivity index (χ3n) is 3.51. The van der Waals surface area contributed by atoms with Crippen molar-refractivity contribution in [1.82, 2.24) is 4.98 Å². The number of hydrogen-bond acceptors (Lipinski definition) is 2. The van der Waals surface area contributed by atoms with E-state index in [4.69, 9.17) is 0 Å². The van der Waals surface area contributed by atoms with Crippen molar-refractivity contribution in [3.63, 3.8) is 0 Å². The van der Waals surface area contributed by atoms with Gasteiger partial charge in [0.25, 0.3) is 0 Å². The molecule has 0 saturated heterocycles. The molecule has 0 radical (unpaired) electrons. The molecule has 0 bridgehead atoms. The highest BCUT2D eigenvalue weighted by Crippen LogP contribution is 2.38. The zero-order chi connectivity index (χ0) is 12.4. The Morgan fingerprint density at radius 1 is 1.11 bits per heavy atom. The summed E-state index contributed by atoms with van der Waals surface area (Å²) in [5.74, 6) is 0.701. The van der Waals surface area contributed by atoms with Crippen LogP contribution >= 0.6 is 15.9 Å². The molecule has 0 atom stereocenters. The van der Waals surface area contributed by atoms with Crippen molar-refractivity contribution in [3.05, 3.63) is 58.8 Å². The van der Waals surface area contributed by atoms with Crippen molar-refractivity contribution >= 4 is 21.6 Å². The maximum atomic E-state index is 4.12. The van der Waals surface area contributed by atoms with Crippen LogP contribution in [0, 0.1) is 0 Å². The van der Waals surface area contributed by atoms with Gasteiger partial charge in [-0.25, -0.2) is 0 Å². The standard InChI is InChI=1S/C15H15BrN2/c16-13-5-3-11(4-6-13)12-8-15(9-12)18-14-2-1-7-17-10-14/h1-7,10,12,15,18H,8-9H2. The maximum absolute atomic E-state index is 4.12. The highest BCUT2D eigenvalue weighted by Gasteiger charge is 2.29. The summed E-state index contributed by atoms with van der Waals surface area (Å²) in [5.41, 5.74) is 2.57. The van der Waals surface area contributed by atoms with Crippen LogP contribution < -0.4 is 5.32 Å². The first-order valence-corrected chi connectivity index (χ1v) is 7.02. The third-order valence-corrected chi connectivity index (χ3v) is 4.04. The summed E-state index contributed by atoms with van der Waals surface area (Å²) in [6, 6.07) is 13.3. The topological polar surface area (TPSA) is 24.9 Å². The average molecular weight is 303 g/mol. The van der Waals surface area contributed by atoms with E-state index in [9.17, 15) is 0 Å². The zero-order valence-electron chi connectivity index (χ0n) is 10.0. The quantitative estimate of drug-likeness (QED) is 0.919. The summed E-state index contributed by atoms with van der Waals surface area (Å²) in [6.07, 6.45) is 6.09. The smallest absolute Gasteiger partial charge is 0.0528 e. The molecule has 2 aromatic rings. The first-order chi connectivity index (χ1) is 8.81. The Morgan fingerprint density at radius 3 is 2.56 bits per heavy atom. The van der Waals surface area contributed by atoms with Crippen molar-refractivity contribution in [3.8, 4) is 0 Å².